The van der Waals surface area contributed by atoms with Crippen LogP contribution < -0.4 is 10.6 Å². The molecule has 0 saturated heterocycles. The van der Waals surface area contributed by atoms with E-state index in [1.807, 2.05) is 11.9 Å². The van der Waals surface area contributed by atoms with Crippen LogP contribution in [0.25, 0.3) is 0 Å². The number of aliphatic hydroxyl groups excluding tert-OH is 1. The van der Waals surface area contributed by atoms with E-state index < -0.39 is 0 Å². The van der Waals surface area contributed by atoms with Crippen molar-refractivity contribution < 1.29 is 5.11 Å². The number of benzene rings is 1. The Kier molecular flexibility index (Phi) is 3.94. The quantitative estimate of drug-likeness (QED) is 0.532. The molecule has 0 aliphatic rings. The summed E-state index contributed by atoms with van der Waals surface area (Å²) < 4.78 is 0. The zero-order chi connectivity index (χ0) is 11.4. The number of nitrogens with one attached hydrogen (secondary N) is 1. The Morgan fingerprint density at radius 3 is 2.80 bits per heavy atom. The number of amidine groups is 1. The SMILES string of the molecule is CN(CCO)c1cc(Cl)ccc1C(=N)N. The number of halogens is 1. The van der Waals surface area contributed by atoms with Gasteiger partial charge in [-0.2, -0.15) is 0 Å². The van der Waals surface area contributed by atoms with Crippen molar-refractivity contribution in [2.24, 2.45) is 5.73 Å². The van der Waals surface area contributed by atoms with Crippen LogP contribution in [-0.2, 0) is 0 Å². The van der Waals surface area contributed by atoms with E-state index in [1.54, 1.807) is 18.2 Å². The first-order valence-electron chi connectivity index (χ1n) is 4.52. The van der Waals surface area contributed by atoms with Gasteiger partial charge in [0.15, 0.2) is 0 Å². The molecule has 15 heavy (non-hydrogen) atoms. The van der Waals surface area contributed by atoms with E-state index in [9.17, 15) is 0 Å². The van der Waals surface area contributed by atoms with Crippen LogP contribution in [0.15, 0.2) is 18.2 Å². The van der Waals surface area contributed by atoms with E-state index in [-0.39, 0.29) is 12.4 Å². The van der Waals surface area contributed by atoms with Gasteiger partial charge in [0, 0.05) is 29.9 Å². The number of nitrogen functional groups attached to an aromatic ring is 1. The van der Waals surface area contributed by atoms with E-state index in [4.69, 9.17) is 27.9 Å². The van der Waals surface area contributed by atoms with Gasteiger partial charge in [-0.3, -0.25) is 5.41 Å². The number of hydrogen-bond acceptors (Lipinski definition) is 3. The van der Waals surface area contributed by atoms with Gasteiger partial charge in [-0.1, -0.05) is 11.6 Å². The lowest BCUT2D eigenvalue weighted by Gasteiger charge is -2.21. The van der Waals surface area contributed by atoms with Gasteiger partial charge in [-0.05, 0) is 18.2 Å². The van der Waals surface area contributed by atoms with E-state index >= 15 is 0 Å². The lowest BCUT2D eigenvalue weighted by molar-refractivity contribution is 0.304. The van der Waals surface area contributed by atoms with Crippen molar-refractivity contribution in [2.75, 3.05) is 25.1 Å². The van der Waals surface area contributed by atoms with Crippen LogP contribution in [0.1, 0.15) is 5.56 Å². The van der Waals surface area contributed by atoms with Crippen molar-refractivity contribution in [1.29, 1.82) is 5.41 Å². The molecule has 0 aromatic heterocycles. The summed E-state index contributed by atoms with van der Waals surface area (Å²) in [6.45, 7) is 0.515. The number of anilines is 1. The largest absolute Gasteiger partial charge is 0.395 e. The fraction of sp³-hybridized carbons (Fsp3) is 0.300. The van der Waals surface area contributed by atoms with Gasteiger partial charge in [0.05, 0.1) is 6.61 Å². The molecule has 0 atom stereocenters. The average molecular weight is 228 g/mol. The van der Waals surface area contributed by atoms with Crippen molar-refractivity contribution in [3.8, 4) is 0 Å². The Bertz CT molecular complexity index is 368. The lowest BCUT2D eigenvalue weighted by Crippen LogP contribution is -2.25. The average Bonchev–Trinajstić information content (AvgIpc) is 2.17. The van der Waals surface area contributed by atoms with Gasteiger partial charge in [-0.15, -0.1) is 0 Å². The highest BCUT2D eigenvalue weighted by Gasteiger charge is 2.09. The normalized spacial score (nSPS) is 10.1. The fourth-order valence-corrected chi connectivity index (χ4v) is 1.49. The van der Waals surface area contributed by atoms with Crippen molar-refractivity contribution in [1.82, 2.24) is 0 Å². The van der Waals surface area contributed by atoms with Crippen LogP contribution in [-0.4, -0.2) is 31.1 Å². The van der Waals surface area contributed by atoms with Crippen LogP contribution in [0.4, 0.5) is 5.69 Å². The van der Waals surface area contributed by atoms with E-state index in [1.165, 1.54) is 0 Å². The molecule has 0 unspecified atom stereocenters. The topological polar surface area (TPSA) is 73.3 Å². The smallest absolute Gasteiger partial charge is 0.124 e. The summed E-state index contributed by atoms with van der Waals surface area (Å²) >= 11 is 5.87. The molecule has 0 saturated carbocycles. The highest BCUT2D eigenvalue weighted by molar-refractivity contribution is 6.31. The lowest BCUT2D eigenvalue weighted by atomic mass is 10.1. The maximum absolute atomic E-state index is 8.84. The third-order valence-corrected chi connectivity index (χ3v) is 2.33. The molecule has 4 N–H and O–H groups in total. The van der Waals surface area contributed by atoms with Gasteiger partial charge in [0.1, 0.15) is 5.84 Å². The van der Waals surface area contributed by atoms with Gasteiger partial charge >= 0.3 is 0 Å². The predicted molar refractivity (Wildman–Crippen MR) is 62.8 cm³/mol. The fourth-order valence-electron chi connectivity index (χ4n) is 1.32. The highest BCUT2D eigenvalue weighted by atomic mass is 35.5. The maximum atomic E-state index is 8.84. The Hall–Kier alpha value is -1.26. The van der Waals surface area contributed by atoms with Crippen LogP contribution in [0.3, 0.4) is 0 Å². The van der Waals surface area contributed by atoms with Crippen molar-refractivity contribution in [3.05, 3.63) is 28.8 Å². The number of rotatable bonds is 4. The Morgan fingerprint density at radius 1 is 1.60 bits per heavy atom. The second-order valence-corrected chi connectivity index (χ2v) is 3.66. The Balaban J connectivity index is 3.12. The summed E-state index contributed by atoms with van der Waals surface area (Å²) in [6.07, 6.45) is 0. The zero-order valence-corrected chi connectivity index (χ0v) is 9.25. The van der Waals surface area contributed by atoms with Crippen LogP contribution in [0.5, 0.6) is 0 Å². The minimum atomic E-state index is -0.00791. The first-order valence-corrected chi connectivity index (χ1v) is 4.90. The third kappa shape index (κ3) is 2.84. The van der Waals surface area contributed by atoms with Crippen LogP contribution in [0.2, 0.25) is 5.02 Å². The van der Waals surface area contributed by atoms with E-state index in [0.29, 0.717) is 17.1 Å². The molecule has 0 radical (unpaired) electrons. The molecule has 1 aromatic carbocycles. The molecule has 1 aromatic rings. The Labute approximate surface area is 93.8 Å². The number of nitrogens with two attached hydrogens (primary N) is 1. The molecule has 0 aliphatic carbocycles. The molecule has 82 valence electrons. The molecule has 5 heteroatoms. The van der Waals surface area contributed by atoms with Gasteiger partial charge < -0.3 is 15.7 Å². The summed E-state index contributed by atoms with van der Waals surface area (Å²) in [7, 11) is 1.81. The summed E-state index contributed by atoms with van der Waals surface area (Å²) in [5.41, 5.74) is 6.82. The van der Waals surface area contributed by atoms with Gasteiger partial charge in [-0.25, -0.2) is 0 Å². The minimum absolute atomic E-state index is 0.00791. The first-order chi connectivity index (χ1) is 7.06. The predicted octanol–water partition coefficient (Wildman–Crippen LogP) is 1.05. The third-order valence-electron chi connectivity index (χ3n) is 2.10. The van der Waals surface area contributed by atoms with E-state index in [0.717, 1.165) is 5.69 Å². The molecule has 0 amide bonds. The number of hydrogen-bond donors (Lipinski definition) is 3. The van der Waals surface area contributed by atoms with E-state index in [2.05, 4.69) is 0 Å². The maximum Gasteiger partial charge on any atom is 0.124 e. The molecule has 4 nitrogen and oxygen atoms in total. The van der Waals surface area contributed by atoms with Crippen LogP contribution >= 0.6 is 11.6 Å². The summed E-state index contributed by atoms with van der Waals surface area (Å²) in [6, 6.07) is 5.12. The second kappa shape index (κ2) is 5.00. The molecule has 1 rings (SSSR count). The zero-order valence-electron chi connectivity index (χ0n) is 8.50. The molecule has 0 aliphatic heterocycles. The second-order valence-electron chi connectivity index (χ2n) is 3.22. The van der Waals surface area contributed by atoms with Crippen LogP contribution in [0, 0.1) is 5.41 Å². The summed E-state index contributed by atoms with van der Waals surface area (Å²) in [5, 5.41) is 16.8. The molecule has 0 bridgehead atoms. The number of aliphatic hydroxyl groups is 1. The molecule has 0 fully saturated rings. The standard InChI is InChI=1S/C10H14ClN3O/c1-14(4-5-15)9-6-7(11)2-3-8(9)10(12)13/h2-3,6,15H,4-5H2,1H3,(H3,12,13). The highest BCUT2D eigenvalue weighted by Crippen LogP contribution is 2.23. The van der Waals surface area contributed by atoms with Gasteiger partial charge in [0.25, 0.3) is 0 Å². The molecular weight excluding hydrogens is 214 g/mol. The molecular formula is C10H14ClN3O. The minimum Gasteiger partial charge on any atom is -0.395 e. The Morgan fingerprint density at radius 2 is 2.27 bits per heavy atom. The van der Waals surface area contributed by atoms with Crippen molar-refractivity contribution >= 4 is 23.1 Å². The van der Waals surface area contributed by atoms with Crippen molar-refractivity contribution in [3.63, 3.8) is 0 Å². The first kappa shape index (κ1) is 11.8. The summed E-state index contributed by atoms with van der Waals surface area (Å²) in [5.74, 6) is -0.00791. The molecule has 0 heterocycles. The monoisotopic (exact) mass is 227 g/mol. The molecule has 0 spiro atoms. The summed E-state index contributed by atoms with van der Waals surface area (Å²) in [4.78, 5) is 1.81. The number of nitrogens with zero attached hydrogens (tertiary/aromatic N) is 1. The number of likely N-dealkylation sites (N-methyl/N-ethyl adjacent to an activating group) is 1. The van der Waals surface area contributed by atoms with Crippen molar-refractivity contribution in [2.45, 2.75) is 0 Å². The van der Waals surface area contributed by atoms with Gasteiger partial charge in [0.2, 0.25) is 0 Å².